The van der Waals surface area contributed by atoms with Crippen LogP contribution in [0.1, 0.15) is 25.0 Å². The van der Waals surface area contributed by atoms with Crippen LogP contribution >= 0.6 is 0 Å². The number of aliphatic hydroxyl groups is 1. The van der Waals surface area contributed by atoms with Crippen molar-refractivity contribution in [2.45, 2.75) is 26.4 Å². The number of hydrogen-bond donors (Lipinski definition) is 2. The third-order valence-electron chi connectivity index (χ3n) is 6.20. The number of piperidine rings is 1. The molecule has 148 valence electrons. The minimum absolute atomic E-state index is 0.116. The van der Waals surface area contributed by atoms with Crippen LogP contribution in [0.2, 0.25) is 0 Å². The molecule has 28 heavy (non-hydrogen) atoms. The molecule has 1 aliphatic heterocycles. The van der Waals surface area contributed by atoms with E-state index < -0.39 is 17.2 Å². The standard InChI is InChI=1S/C22H25F2N3O/c1-12-7-15(16-5-6-25-21-19(16)18(24)9-26-21)8-17(23)20(12)22(28)13(2)10-27(4)11-14(22)3/h5-9,13-14,28H,10-11H2,1-4H3,(H,25,26)/t13-,14+,22?. The van der Waals surface area contributed by atoms with E-state index in [-0.39, 0.29) is 11.8 Å². The molecule has 3 aromatic rings. The van der Waals surface area contributed by atoms with E-state index in [1.54, 1.807) is 12.3 Å². The highest BCUT2D eigenvalue weighted by atomic mass is 19.1. The highest BCUT2D eigenvalue weighted by molar-refractivity contribution is 5.93. The molecule has 0 radical (unpaired) electrons. The van der Waals surface area contributed by atoms with Crippen molar-refractivity contribution in [2.75, 3.05) is 20.1 Å². The van der Waals surface area contributed by atoms with Crippen molar-refractivity contribution < 1.29 is 13.9 Å². The summed E-state index contributed by atoms with van der Waals surface area (Å²) in [5, 5.41) is 11.9. The fourth-order valence-electron chi connectivity index (χ4n) is 4.93. The van der Waals surface area contributed by atoms with E-state index >= 15 is 4.39 Å². The van der Waals surface area contributed by atoms with E-state index in [1.807, 2.05) is 33.9 Å². The second-order valence-electron chi connectivity index (χ2n) is 8.22. The maximum atomic E-state index is 15.4. The normalized spacial score (nSPS) is 26.1. The van der Waals surface area contributed by atoms with Gasteiger partial charge in [0.2, 0.25) is 0 Å². The van der Waals surface area contributed by atoms with E-state index in [1.165, 1.54) is 12.3 Å². The van der Waals surface area contributed by atoms with E-state index in [0.717, 1.165) is 0 Å². The van der Waals surface area contributed by atoms with Crippen molar-refractivity contribution >= 4 is 11.0 Å². The fourth-order valence-corrected chi connectivity index (χ4v) is 4.93. The summed E-state index contributed by atoms with van der Waals surface area (Å²) in [5.41, 5.74) is 1.35. The average molecular weight is 385 g/mol. The molecule has 1 saturated heterocycles. The van der Waals surface area contributed by atoms with E-state index in [4.69, 9.17) is 0 Å². The van der Waals surface area contributed by atoms with Gasteiger partial charge in [0.15, 0.2) is 5.82 Å². The molecule has 1 fully saturated rings. The molecule has 1 aromatic carbocycles. The number of hydrogen-bond acceptors (Lipinski definition) is 3. The Morgan fingerprint density at radius 1 is 1.18 bits per heavy atom. The summed E-state index contributed by atoms with van der Waals surface area (Å²) in [6.07, 6.45) is 2.83. The number of aryl methyl sites for hydroxylation is 1. The van der Waals surface area contributed by atoms with Gasteiger partial charge in [-0.1, -0.05) is 19.9 Å². The number of rotatable bonds is 2. The first-order valence-electron chi connectivity index (χ1n) is 9.57. The highest BCUT2D eigenvalue weighted by Crippen LogP contribution is 2.44. The van der Waals surface area contributed by atoms with Gasteiger partial charge in [-0.25, -0.2) is 13.8 Å². The summed E-state index contributed by atoms with van der Waals surface area (Å²) < 4.78 is 29.7. The van der Waals surface area contributed by atoms with Crippen molar-refractivity contribution in [3.63, 3.8) is 0 Å². The maximum Gasteiger partial charge on any atom is 0.150 e. The lowest BCUT2D eigenvalue weighted by Crippen LogP contribution is -2.54. The highest BCUT2D eigenvalue weighted by Gasteiger charge is 2.47. The summed E-state index contributed by atoms with van der Waals surface area (Å²) in [7, 11) is 2.01. The number of aromatic amines is 1. The van der Waals surface area contributed by atoms with Gasteiger partial charge in [0.05, 0.1) is 5.39 Å². The van der Waals surface area contributed by atoms with Crippen molar-refractivity contribution in [2.24, 2.45) is 11.8 Å². The summed E-state index contributed by atoms with van der Waals surface area (Å²) in [6, 6.07) is 4.91. The third kappa shape index (κ3) is 2.74. The monoisotopic (exact) mass is 385 g/mol. The fraction of sp³-hybridized carbons (Fsp3) is 0.409. The Kier molecular flexibility index (Phi) is 4.51. The van der Waals surface area contributed by atoms with Crippen LogP contribution in [0.25, 0.3) is 22.2 Å². The van der Waals surface area contributed by atoms with Crippen molar-refractivity contribution in [1.29, 1.82) is 0 Å². The largest absolute Gasteiger partial charge is 0.384 e. The van der Waals surface area contributed by atoms with E-state index in [0.29, 0.717) is 46.4 Å². The number of benzene rings is 1. The van der Waals surface area contributed by atoms with Crippen LogP contribution in [0.3, 0.4) is 0 Å². The molecule has 2 N–H and O–H groups in total. The molecule has 0 saturated carbocycles. The SMILES string of the molecule is Cc1cc(-c2ccnc3[nH]cc(F)c23)cc(F)c1C1(O)[C@H](C)CN(C)C[C@@H]1C. The number of pyridine rings is 1. The van der Waals surface area contributed by atoms with Gasteiger partial charge in [0.1, 0.15) is 17.1 Å². The van der Waals surface area contributed by atoms with Gasteiger partial charge in [-0.3, -0.25) is 0 Å². The Bertz CT molecular complexity index is 1010. The summed E-state index contributed by atoms with van der Waals surface area (Å²) in [4.78, 5) is 9.08. The molecular formula is C22H25F2N3O. The molecule has 4 nitrogen and oxygen atoms in total. The molecule has 0 spiro atoms. The van der Waals surface area contributed by atoms with E-state index in [9.17, 15) is 9.50 Å². The predicted octanol–water partition coefficient (Wildman–Crippen LogP) is 4.22. The predicted molar refractivity (Wildman–Crippen MR) is 106 cm³/mol. The molecule has 0 aliphatic carbocycles. The van der Waals surface area contributed by atoms with E-state index in [2.05, 4.69) is 14.9 Å². The quantitative estimate of drug-likeness (QED) is 0.694. The number of H-pyrrole nitrogens is 1. The minimum atomic E-state index is -1.24. The molecule has 3 heterocycles. The van der Waals surface area contributed by atoms with Crippen LogP contribution < -0.4 is 0 Å². The third-order valence-corrected chi connectivity index (χ3v) is 6.20. The van der Waals surface area contributed by atoms with Crippen LogP contribution in [0, 0.1) is 30.4 Å². The average Bonchev–Trinajstić information content (AvgIpc) is 3.00. The zero-order valence-electron chi connectivity index (χ0n) is 16.6. The molecule has 4 rings (SSSR count). The van der Waals surface area contributed by atoms with Gasteiger partial charge in [-0.15, -0.1) is 0 Å². The Balaban J connectivity index is 1.87. The Labute approximate surface area is 163 Å². The van der Waals surface area contributed by atoms with Crippen molar-refractivity contribution in [3.8, 4) is 11.1 Å². The van der Waals surface area contributed by atoms with Crippen LogP contribution in [0.4, 0.5) is 8.78 Å². The maximum absolute atomic E-state index is 15.4. The number of aromatic nitrogens is 2. The molecule has 0 amide bonds. The first-order chi connectivity index (χ1) is 13.2. The number of halogens is 2. The Morgan fingerprint density at radius 3 is 2.50 bits per heavy atom. The lowest BCUT2D eigenvalue weighted by molar-refractivity contribution is -0.110. The van der Waals surface area contributed by atoms with Gasteiger partial charge in [-0.2, -0.15) is 0 Å². The first kappa shape index (κ1) is 19.0. The molecule has 1 aliphatic rings. The Hall–Kier alpha value is -2.31. The van der Waals surface area contributed by atoms with Crippen LogP contribution in [0.5, 0.6) is 0 Å². The summed E-state index contributed by atoms with van der Waals surface area (Å²) >= 11 is 0. The van der Waals surface area contributed by atoms with Gasteiger partial charge in [0, 0.05) is 42.9 Å². The lowest BCUT2D eigenvalue weighted by atomic mass is 9.69. The topological polar surface area (TPSA) is 52.1 Å². The van der Waals surface area contributed by atoms with Gasteiger partial charge in [0.25, 0.3) is 0 Å². The molecule has 0 bridgehead atoms. The molecule has 1 unspecified atom stereocenters. The zero-order chi connectivity index (χ0) is 20.2. The zero-order valence-corrected chi connectivity index (χ0v) is 16.6. The number of nitrogens with one attached hydrogen (secondary N) is 1. The molecule has 6 heteroatoms. The number of fused-ring (bicyclic) bond motifs is 1. The lowest BCUT2D eigenvalue weighted by Gasteiger charge is -2.47. The molecular weight excluding hydrogens is 360 g/mol. The Morgan fingerprint density at radius 2 is 1.86 bits per heavy atom. The van der Waals surface area contributed by atoms with Crippen molar-refractivity contribution in [3.05, 3.63) is 53.4 Å². The molecule has 2 aromatic heterocycles. The molecule has 3 atom stereocenters. The van der Waals surface area contributed by atoms with Crippen LogP contribution in [0.15, 0.2) is 30.6 Å². The van der Waals surface area contributed by atoms with Crippen molar-refractivity contribution in [1.82, 2.24) is 14.9 Å². The number of nitrogens with zero attached hydrogens (tertiary/aromatic N) is 2. The summed E-state index contributed by atoms with van der Waals surface area (Å²) in [5.74, 6) is -1.11. The second kappa shape index (κ2) is 6.64. The minimum Gasteiger partial charge on any atom is -0.384 e. The van der Waals surface area contributed by atoms with Gasteiger partial charge >= 0.3 is 0 Å². The van der Waals surface area contributed by atoms with Gasteiger partial charge in [-0.05, 0) is 42.8 Å². The second-order valence-corrected chi connectivity index (χ2v) is 8.22. The van der Waals surface area contributed by atoms with Crippen LogP contribution in [-0.4, -0.2) is 40.1 Å². The van der Waals surface area contributed by atoms with Gasteiger partial charge < -0.3 is 15.0 Å². The first-order valence-corrected chi connectivity index (χ1v) is 9.57. The summed E-state index contributed by atoms with van der Waals surface area (Å²) in [6.45, 7) is 7.12. The smallest absolute Gasteiger partial charge is 0.150 e. The number of likely N-dealkylation sites (tertiary alicyclic amines) is 1. The van der Waals surface area contributed by atoms with Crippen LogP contribution in [-0.2, 0) is 5.60 Å².